The summed E-state index contributed by atoms with van der Waals surface area (Å²) >= 11 is 0. The van der Waals surface area contributed by atoms with Crippen molar-refractivity contribution in [3.8, 4) is 0 Å². The van der Waals surface area contributed by atoms with E-state index in [9.17, 15) is 4.79 Å². The smallest absolute Gasteiger partial charge is 0.253 e. The number of amides is 1. The predicted molar refractivity (Wildman–Crippen MR) is 176 cm³/mol. The third kappa shape index (κ3) is 10.0. The van der Waals surface area contributed by atoms with Gasteiger partial charge in [0.05, 0.1) is 11.0 Å². The molecule has 6 nitrogen and oxygen atoms in total. The normalized spacial score (nSPS) is 16.7. The largest absolute Gasteiger partial charge is 0.339 e. The Morgan fingerprint density at radius 2 is 1.52 bits per heavy atom. The number of imidazole rings is 1. The zero-order valence-corrected chi connectivity index (χ0v) is 27.9. The number of fused-ring (bicyclic) bond motifs is 1. The molecule has 0 spiro atoms. The van der Waals surface area contributed by atoms with Gasteiger partial charge in [0, 0.05) is 31.1 Å². The third-order valence-corrected chi connectivity index (χ3v) is 8.40. The van der Waals surface area contributed by atoms with Crippen molar-refractivity contribution in [1.82, 2.24) is 24.3 Å². The zero-order chi connectivity index (χ0) is 26.4. The average molecular weight is 619 g/mol. The van der Waals surface area contributed by atoms with Crippen LogP contribution in [0, 0.1) is 11.8 Å². The van der Waals surface area contributed by atoms with Gasteiger partial charge in [0.1, 0.15) is 5.82 Å². The van der Waals surface area contributed by atoms with Crippen molar-refractivity contribution in [2.45, 2.75) is 85.1 Å². The molecule has 0 saturated carbocycles. The molecule has 0 radical (unpaired) electrons. The van der Waals surface area contributed by atoms with Crippen molar-refractivity contribution in [3.63, 3.8) is 0 Å². The molecule has 2 aliphatic rings. The van der Waals surface area contributed by atoms with Gasteiger partial charge in [-0.25, -0.2) is 4.98 Å². The Hall–Kier alpha value is -1.05. The van der Waals surface area contributed by atoms with Crippen molar-refractivity contribution in [3.05, 3.63) is 29.6 Å². The van der Waals surface area contributed by atoms with Gasteiger partial charge >= 0.3 is 0 Å². The second kappa shape index (κ2) is 17.8. The SMILES string of the molecule is CC(C)CCN(CCC(C)C)C(=O)c1ccc2nc(C3CCN(C)CC3)n(CCCN3CCCC3)c2c1.Cl.Cl.Cl. The van der Waals surface area contributed by atoms with Crippen LogP contribution < -0.4 is 0 Å². The fourth-order valence-electron chi connectivity index (χ4n) is 5.87. The number of aromatic nitrogens is 2. The summed E-state index contributed by atoms with van der Waals surface area (Å²) < 4.78 is 2.48. The highest BCUT2D eigenvalue weighted by molar-refractivity contribution is 5.97. The highest BCUT2D eigenvalue weighted by Crippen LogP contribution is 2.31. The van der Waals surface area contributed by atoms with E-state index in [1.807, 2.05) is 6.07 Å². The highest BCUT2D eigenvalue weighted by atomic mass is 35.5. The molecule has 3 heterocycles. The maximum Gasteiger partial charge on any atom is 0.253 e. The molecule has 0 atom stereocenters. The first-order chi connectivity index (χ1) is 17.8. The summed E-state index contributed by atoms with van der Waals surface area (Å²) in [5, 5.41) is 0. The summed E-state index contributed by atoms with van der Waals surface area (Å²) in [7, 11) is 2.22. The summed E-state index contributed by atoms with van der Waals surface area (Å²) in [5.74, 6) is 3.10. The van der Waals surface area contributed by atoms with Crippen LogP contribution in [0.3, 0.4) is 0 Å². The molecular formula is C31H54Cl3N5O. The number of hydrogen-bond acceptors (Lipinski definition) is 4. The van der Waals surface area contributed by atoms with Gasteiger partial charge in [0.25, 0.3) is 5.91 Å². The van der Waals surface area contributed by atoms with E-state index in [0.717, 1.165) is 88.0 Å². The van der Waals surface area contributed by atoms with E-state index in [1.54, 1.807) is 0 Å². The van der Waals surface area contributed by atoms with E-state index < -0.39 is 0 Å². The minimum Gasteiger partial charge on any atom is -0.339 e. The van der Waals surface area contributed by atoms with E-state index in [0.29, 0.717) is 17.8 Å². The molecule has 0 aliphatic carbocycles. The molecule has 0 bridgehead atoms. The quantitative estimate of drug-likeness (QED) is 0.254. The highest BCUT2D eigenvalue weighted by Gasteiger charge is 2.25. The molecule has 1 aromatic heterocycles. The van der Waals surface area contributed by atoms with Gasteiger partial charge in [-0.3, -0.25) is 4.79 Å². The number of hydrogen-bond donors (Lipinski definition) is 0. The van der Waals surface area contributed by atoms with Crippen LogP contribution in [0.1, 0.15) is 94.7 Å². The van der Waals surface area contributed by atoms with Gasteiger partial charge < -0.3 is 19.3 Å². The Kier molecular flexibility index (Phi) is 16.5. The number of halogens is 3. The number of benzene rings is 1. The fraction of sp³-hybridized carbons (Fsp3) is 0.742. The molecule has 4 rings (SSSR count). The van der Waals surface area contributed by atoms with Gasteiger partial charge in [0.2, 0.25) is 0 Å². The van der Waals surface area contributed by atoms with E-state index in [-0.39, 0.29) is 43.1 Å². The summed E-state index contributed by atoms with van der Waals surface area (Å²) in [5.41, 5.74) is 3.01. The molecule has 2 aliphatic heterocycles. The molecule has 230 valence electrons. The number of nitrogens with zero attached hydrogens (tertiary/aromatic N) is 5. The maximum absolute atomic E-state index is 13.7. The van der Waals surface area contributed by atoms with E-state index >= 15 is 0 Å². The molecule has 2 fully saturated rings. The number of rotatable bonds is 12. The Bertz CT molecular complexity index is 1000. The van der Waals surface area contributed by atoms with Gasteiger partial charge in [-0.05, 0) is 115 Å². The number of aryl methyl sites for hydroxylation is 1. The first-order valence-corrected chi connectivity index (χ1v) is 15.0. The van der Waals surface area contributed by atoms with Crippen molar-refractivity contribution in [2.75, 3.05) is 52.9 Å². The van der Waals surface area contributed by atoms with Gasteiger partial charge in [-0.1, -0.05) is 27.7 Å². The molecule has 9 heteroatoms. The van der Waals surface area contributed by atoms with Crippen LogP contribution in [0.4, 0.5) is 0 Å². The topological polar surface area (TPSA) is 44.6 Å². The van der Waals surface area contributed by atoms with Crippen LogP contribution in [0.25, 0.3) is 11.0 Å². The Labute approximate surface area is 261 Å². The summed E-state index contributed by atoms with van der Waals surface area (Å²) in [6, 6.07) is 6.26. The Balaban J connectivity index is 0.00000267. The standard InChI is InChI=1S/C31H51N5O.3ClH/c1-24(2)11-21-35(22-12-25(3)4)31(37)27-9-10-28-29(23-27)36(18-8-17-34-15-6-7-16-34)30(32-28)26-13-19-33(5)20-14-26;;;/h9-10,23-26H,6-8,11-22H2,1-5H3;3*1H. The molecule has 0 unspecified atom stereocenters. The van der Waals surface area contributed by atoms with Crippen molar-refractivity contribution in [2.24, 2.45) is 11.8 Å². The molecular weight excluding hydrogens is 565 g/mol. The van der Waals surface area contributed by atoms with Crippen molar-refractivity contribution in [1.29, 1.82) is 0 Å². The fourth-order valence-corrected chi connectivity index (χ4v) is 5.87. The van der Waals surface area contributed by atoms with Crippen LogP contribution >= 0.6 is 37.2 Å². The summed E-state index contributed by atoms with van der Waals surface area (Å²) in [6.07, 6.45) is 8.22. The first kappa shape index (κ1) is 37.0. The molecule has 1 aromatic carbocycles. The number of carbonyl (C=O) groups is 1. The monoisotopic (exact) mass is 617 g/mol. The molecule has 2 aromatic rings. The molecule has 1 amide bonds. The van der Waals surface area contributed by atoms with E-state index in [2.05, 4.69) is 66.1 Å². The molecule has 0 N–H and O–H groups in total. The summed E-state index contributed by atoms with van der Waals surface area (Å²) in [6.45, 7) is 17.5. The lowest BCUT2D eigenvalue weighted by atomic mass is 9.96. The van der Waals surface area contributed by atoms with Crippen LogP contribution in [-0.2, 0) is 6.54 Å². The van der Waals surface area contributed by atoms with Crippen LogP contribution in [0.5, 0.6) is 0 Å². The van der Waals surface area contributed by atoms with E-state index in [4.69, 9.17) is 4.98 Å². The lowest BCUT2D eigenvalue weighted by Gasteiger charge is -2.29. The van der Waals surface area contributed by atoms with Crippen molar-refractivity contribution >= 4 is 54.2 Å². The molecule has 40 heavy (non-hydrogen) atoms. The van der Waals surface area contributed by atoms with Gasteiger partial charge in [-0.2, -0.15) is 0 Å². The van der Waals surface area contributed by atoms with Crippen LogP contribution in [0.2, 0.25) is 0 Å². The van der Waals surface area contributed by atoms with E-state index in [1.165, 1.54) is 31.8 Å². The first-order valence-electron chi connectivity index (χ1n) is 15.0. The lowest BCUT2D eigenvalue weighted by molar-refractivity contribution is 0.0741. The minimum absolute atomic E-state index is 0. The molecule has 2 saturated heterocycles. The number of carbonyl (C=O) groups excluding carboxylic acids is 1. The van der Waals surface area contributed by atoms with Crippen LogP contribution in [-0.4, -0.2) is 83.0 Å². The number of likely N-dealkylation sites (tertiary alicyclic amines) is 2. The average Bonchev–Trinajstić information content (AvgIpc) is 3.52. The third-order valence-electron chi connectivity index (χ3n) is 8.40. The summed E-state index contributed by atoms with van der Waals surface area (Å²) in [4.78, 5) is 26.0. The lowest BCUT2D eigenvalue weighted by Crippen LogP contribution is -2.34. The predicted octanol–water partition coefficient (Wildman–Crippen LogP) is 7.13. The zero-order valence-electron chi connectivity index (χ0n) is 25.4. The number of piperidine rings is 1. The van der Waals surface area contributed by atoms with Crippen LogP contribution in [0.15, 0.2) is 18.2 Å². The second-order valence-electron chi connectivity index (χ2n) is 12.5. The minimum atomic E-state index is 0. The second-order valence-corrected chi connectivity index (χ2v) is 12.5. The van der Waals surface area contributed by atoms with Gasteiger partial charge in [0.15, 0.2) is 0 Å². The Morgan fingerprint density at radius 3 is 2.10 bits per heavy atom. The maximum atomic E-state index is 13.7. The Morgan fingerprint density at radius 1 is 0.925 bits per heavy atom. The van der Waals surface area contributed by atoms with Gasteiger partial charge in [-0.15, -0.1) is 37.2 Å². The van der Waals surface area contributed by atoms with Crippen molar-refractivity contribution < 1.29 is 4.79 Å².